The molecule has 1 heterocycles. The third-order valence-corrected chi connectivity index (χ3v) is 6.31. The van der Waals surface area contributed by atoms with Crippen molar-refractivity contribution in [3.05, 3.63) is 69.7 Å². The van der Waals surface area contributed by atoms with Gasteiger partial charge in [0.15, 0.2) is 0 Å². The number of hydrogen-bond acceptors (Lipinski definition) is 4. The minimum atomic E-state index is -3.58. The predicted molar refractivity (Wildman–Crippen MR) is 103 cm³/mol. The molecule has 0 aliphatic carbocycles. The highest BCUT2D eigenvalue weighted by atomic mass is 35.5. The van der Waals surface area contributed by atoms with Gasteiger partial charge in [-0.1, -0.05) is 41.4 Å². The quantitative estimate of drug-likeness (QED) is 0.641. The van der Waals surface area contributed by atoms with Crippen molar-refractivity contribution >= 4 is 44.6 Å². The van der Waals surface area contributed by atoms with Crippen molar-refractivity contribution in [2.24, 2.45) is 0 Å². The molecule has 3 aromatic rings. The molecule has 0 bridgehead atoms. The second-order valence-corrected chi connectivity index (χ2v) is 8.75. The number of nitrogens with zero attached hydrogens (tertiary/aromatic N) is 1. The Balaban J connectivity index is 1.62. The average Bonchev–Trinajstić information content (AvgIpc) is 3.04. The Hall–Kier alpha value is -1.44. The van der Waals surface area contributed by atoms with E-state index in [4.69, 9.17) is 23.2 Å². The second-order valence-electron chi connectivity index (χ2n) is 5.26. The molecule has 130 valence electrons. The number of nitrogens with one attached hydrogen (secondary N) is 1. The van der Waals surface area contributed by atoms with Crippen LogP contribution < -0.4 is 4.72 Å². The van der Waals surface area contributed by atoms with Crippen LogP contribution >= 0.6 is 34.5 Å². The Bertz CT molecular complexity index is 970. The van der Waals surface area contributed by atoms with Crippen molar-refractivity contribution in [2.75, 3.05) is 6.54 Å². The van der Waals surface area contributed by atoms with Gasteiger partial charge in [0.25, 0.3) is 0 Å². The van der Waals surface area contributed by atoms with Gasteiger partial charge in [0.2, 0.25) is 10.0 Å². The van der Waals surface area contributed by atoms with Gasteiger partial charge in [-0.15, -0.1) is 11.3 Å². The van der Waals surface area contributed by atoms with Crippen molar-refractivity contribution in [2.45, 2.75) is 11.3 Å². The molecule has 1 N–H and O–H groups in total. The molecular formula is C17H14Cl2N2O2S2. The molecule has 0 spiro atoms. The van der Waals surface area contributed by atoms with Gasteiger partial charge in [-0.25, -0.2) is 18.1 Å². The summed E-state index contributed by atoms with van der Waals surface area (Å²) in [4.78, 5) is 4.69. The van der Waals surface area contributed by atoms with Crippen molar-refractivity contribution in [3.8, 4) is 10.6 Å². The van der Waals surface area contributed by atoms with E-state index in [1.807, 2.05) is 29.6 Å². The summed E-state index contributed by atoms with van der Waals surface area (Å²) in [5.41, 5.74) is 1.82. The van der Waals surface area contributed by atoms with Crippen LogP contribution in [0.5, 0.6) is 0 Å². The van der Waals surface area contributed by atoms with Crippen LogP contribution in [0.2, 0.25) is 10.0 Å². The normalized spacial score (nSPS) is 11.6. The monoisotopic (exact) mass is 412 g/mol. The van der Waals surface area contributed by atoms with Crippen molar-refractivity contribution in [1.82, 2.24) is 9.71 Å². The molecule has 0 atom stereocenters. The highest BCUT2D eigenvalue weighted by Gasteiger charge is 2.14. The first-order chi connectivity index (χ1) is 11.9. The number of rotatable bonds is 6. The van der Waals surface area contributed by atoms with Gasteiger partial charge in [0, 0.05) is 34.0 Å². The lowest BCUT2D eigenvalue weighted by Gasteiger charge is -2.06. The molecular weight excluding hydrogens is 399 g/mol. The van der Waals surface area contributed by atoms with Crippen molar-refractivity contribution in [1.29, 1.82) is 0 Å². The largest absolute Gasteiger partial charge is 0.241 e. The molecule has 3 rings (SSSR count). The van der Waals surface area contributed by atoms with Crippen LogP contribution in [0, 0.1) is 0 Å². The minimum Gasteiger partial charge on any atom is -0.241 e. The van der Waals surface area contributed by atoms with Gasteiger partial charge in [-0.05, 0) is 30.3 Å². The van der Waals surface area contributed by atoms with Gasteiger partial charge < -0.3 is 0 Å². The second kappa shape index (κ2) is 7.85. The Morgan fingerprint density at radius 1 is 1.04 bits per heavy atom. The average molecular weight is 413 g/mol. The topological polar surface area (TPSA) is 59.1 Å². The van der Waals surface area contributed by atoms with E-state index in [1.54, 1.807) is 12.1 Å². The first-order valence-electron chi connectivity index (χ1n) is 7.40. The summed E-state index contributed by atoms with van der Waals surface area (Å²) in [5, 5.41) is 3.87. The minimum absolute atomic E-state index is 0.153. The van der Waals surface area contributed by atoms with Crippen molar-refractivity contribution in [3.63, 3.8) is 0 Å². The lowest BCUT2D eigenvalue weighted by atomic mass is 10.2. The van der Waals surface area contributed by atoms with Crippen LogP contribution in [0.15, 0.2) is 58.8 Å². The summed E-state index contributed by atoms with van der Waals surface area (Å²) < 4.78 is 27.0. The summed E-state index contributed by atoms with van der Waals surface area (Å²) in [6.45, 7) is 0.263. The summed E-state index contributed by atoms with van der Waals surface area (Å²) in [5.74, 6) is 0. The smallest absolute Gasteiger partial charge is 0.240 e. The molecule has 0 radical (unpaired) electrons. The molecule has 0 amide bonds. The van der Waals surface area contributed by atoms with E-state index in [0.29, 0.717) is 16.5 Å². The number of halogens is 2. The third-order valence-electron chi connectivity index (χ3n) is 3.42. The molecule has 0 fully saturated rings. The zero-order chi connectivity index (χ0) is 17.9. The SMILES string of the molecule is O=S(=O)(NCCc1csc(-c2ccc(Cl)cc2)n1)c1cccc(Cl)c1. The highest BCUT2D eigenvalue weighted by Crippen LogP contribution is 2.25. The molecule has 1 aromatic heterocycles. The van der Waals surface area contributed by atoms with E-state index in [1.165, 1.54) is 23.5 Å². The number of thiazole rings is 1. The summed E-state index contributed by atoms with van der Waals surface area (Å²) in [6.07, 6.45) is 0.504. The van der Waals surface area contributed by atoms with Crippen molar-refractivity contribution < 1.29 is 8.42 Å². The molecule has 0 aliphatic heterocycles. The van der Waals surface area contributed by atoms with Crippen LogP contribution in [-0.4, -0.2) is 19.9 Å². The Morgan fingerprint density at radius 2 is 1.80 bits per heavy atom. The molecule has 25 heavy (non-hydrogen) atoms. The zero-order valence-electron chi connectivity index (χ0n) is 12.9. The standard InChI is InChI=1S/C17H14Cl2N2O2S2/c18-13-6-4-12(5-7-13)17-21-15(11-24-17)8-9-20-25(22,23)16-3-1-2-14(19)10-16/h1-7,10-11,20H,8-9H2. The fraction of sp³-hybridized carbons (Fsp3) is 0.118. The Kier molecular flexibility index (Phi) is 5.76. The zero-order valence-corrected chi connectivity index (χ0v) is 16.1. The Morgan fingerprint density at radius 3 is 2.52 bits per heavy atom. The maximum absolute atomic E-state index is 12.2. The molecule has 4 nitrogen and oxygen atoms in total. The van der Waals surface area contributed by atoms with E-state index in [2.05, 4.69) is 9.71 Å². The van der Waals surface area contributed by atoms with Gasteiger partial charge in [-0.2, -0.15) is 0 Å². The number of hydrogen-bond donors (Lipinski definition) is 1. The van der Waals surface area contributed by atoms with E-state index >= 15 is 0 Å². The summed E-state index contributed by atoms with van der Waals surface area (Å²) >= 11 is 13.2. The number of aromatic nitrogens is 1. The van der Waals surface area contributed by atoms with E-state index in [-0.39, 0.29) is 11.4 Å². The van der Waals surface area contributed by atoms with E-state index in [9.17, 15) is 8.42 Å². The molecule has 0 aliphatic rings. The Labute approximate surface area is 160 Å². The van der Waals surface area contributed by atoms with Gasteiger partial charge in [0.1, 0.15) is 5.01 Å². The lowest BCUT2D eigenvalue weighted by Crippen LogP contribution is -2.26. The lowest BCUT2D eigenvalue weighted by molar-refractivity contribution is 0.581. The molecule has 0 unspecified atom stereocenters. The first kappa shape index (κ1) is 18.4. The maximum Gasteiger partial charge on any atom is 0.240 e. The van der Waals surface area contributed by atoms with Gasteiger partial charge >= 0.3 is 0 Å². The first-order valence-corrected chi connectivity index (χ1v) is 10.5. The summed E-state index contributed by atoms with van der Waals surface area (Å²) in [6, 6.07) is 13.6. The van der Waals surface area contributed by atoms with E-state index in [0.717, 1.165) is 16.3 Å². The van der Waals surface area contributed by atoms with Gasteiger partial charge in [-0.3, -0.25) is 0 Å². The van der Waals surface area contributed by atoms with Crippen LogP contribution in [0.3, 0.4) is 0 Å². The van der Waals surface area contributed by atoms with Crippen LogP contribution in [0.4, 0.5) is 0 Å². The van der Waals surface area contributed by atoms with Crippen LogP contribution in [-0.2, 0) is 16.4 Å². The van der Waals surface area contributed by atoms with E-state index < -0.39 is 10.0 Å². The van der Waals surface area contributed by atoms with Crippen LogP contribution in [0.1, 0.15) is 5.69 Å². The number of sulfonamides is 1. The highest BCUT2D eigenvalue weighted by molar-refractivity contribution is 7.89. The fourth-order valence-electron chi connectivity index (χ4n) is 2.18. The maximum atomic E-state index is 12.2. The third kappa shape index (κ3) is 4.80. The molecule has 8 heteroatoms. The fourth-order valence-corrected chi connectivity index (χ4v) is 4.50. The summed E-state index contributed by atoms with van der Waals surface area (Å²) in [7, 11) is -3.58. The molecule has 0 saturated heterocycles. The molecule has 2 aromatic carbocycles. The molecule has 0 saturated carbocycles. The van der Waals surface area contributed by atoms with Crippen LogP contribution in [0.25, 0.3) is 10.6 Å². The van der Waals surface area contributed by atoms with Gasteiger partial charge in [0.05, 0.1) is 10.6 Å². The number of benzene rings is 2. The predicted octanol–water partition coefficient (Wildman–Crippen LogP) is 4.64.